The molecule has 1 aromatic heterocycles. The zero-order valence-corrected chi connectivity index (χ0v) is 15.2. The minimum atomic E-state index is -1.33. The normalized spacial score (nSPS) is 13.0. The Labute approximate surface area is 158 Å². The molecule has 2 atom stereocenters. The molecular formula is C20H18N2O4S. The molecule has 2 N–H and O–H groups in total. The molecule has 0 aliphatic rings. The van der Waals surface area contributed by atoms with Crippen molar-refractivity contribution in [3.05, 3.63) is 72.4 Å². The van der Waals surface area contributed by atoms with Crippen molar-refractivity contribution in [3.8, 4) is 0 Å². The summed E-state index contributed by atoms with van der Waals surface area (Å²) in [7, 11) is -1.33. The van der Waals surface area contributed by atoms with Crippen LogP contribution in [0.15, 0.2) is 71.6 Å². The number of carboxylic acid groups (broad SMARTS) is 1. The number of aliphatic carboxylic acids is 1. The second-order valence-corrected chi connectivity index (χ2v) is 7.48. The number of hydrogen-bond acceptors (Lipinski definition) is 4. The van der Waals surface area contributed by atoms with Crippen molar-refractivity contribution in [1.82, 2.24) is 10.3 Å². The summed E-state index contributed by atoms with van der Waals surface area (Å²) in [6, 6.07) is 18.3. The number of nitrogens with zero attached hydrogens (tertiary/aromatic N) is 1. The second kappa shape index (κ2) is 8.55. The van der Waals surface area contributed by atoms with Crippen LogP contribution in [0, 0.1) is 0 Å². The SMILES string of the molecule is O=C(NC(CCS(=O)c1ccccc1)C(=O)O)c1ccc2ccccc2n1. The predicted octanol–water partition coefficient (Wildman–Crippen LogP) is 2.62. The molecule has 7 heteroatoms. The van der Waals surface area contributed by atoms with Gasteiger partial charge in [-0.2, -0.15) is 0 Å². The molecule has 0 spiro atoms. The summed E-state index contributed by atoms with van der Waals surface area (Å²) in [5, 5.41) is 12.7. The number of hydrogen-bond donors (Lipinski definition) is 2. The lowest BCUT2D eigenvalue weighted by Gasteiger charge is -2.14. The Hall–Kier alpha value is -3.06. The highest BCUT2D eigenvalue weighted by Gasteiger charge is 2.22. The average molecular weight is 382 g/mol. The number of benzene rings is 2. The molecule has 6 nitrogen and oxygen atoms in total. The van der Waals surface area contributed by atoms with Gasteiger partial charge in [-0.1, -0.05) is 42.5 Å². The zero-order valence-electron chi connectivity index (χ0n) is 14.4. The van der Waals surface area contributed by atoms with Gasteiger partial charge in [0.05, 0.1) is 16.3 Å². The average Bonchev–Trinajstić information content (AvgIpc) is 2.70. The van der Waals surface area contributed by atoms with Crippen LogP contribution in [-0.4, -0.2) is 38.0 Å². The molecule has 0 fully saturated rings. The van der Waals surface area contributed by atoms with Gasteiger partial charge in [0.2, 0.25) is 0 Å². The van der Waals surface area contributed by atoms with Crippen LogP contribution < -0.4 is 5.32 Å². The third-order valence-electron chi connectivity index (χ3n) is 4.03. The molecule has 0 saturated heterocycles. The fourth-order valence-corrected chi connectivity index (χ4v) is 3.74. The number of amides is 1. The van der Waals surface area contributed by atoms with Crippen LogP contribution in [0.3, 0.4) is 0 Å². The predicted molar refractivity (Wildman–Crippen MR) is 103 cm³/mol. The molecule has 0 aliphatic carbocycles. The molecule has 0 bridgehead atoms. The summed E-state index contributed by atoms with van der Waals surface area (Å²) in [4.78, 5) is 28.8. The Morgan fingerprint density at radius 1 is 1.00 bits per heavy atom. The smallest absolute Gasteiger partial charge is 0.326 e. The molecule has 27 heavy (non-hydrogen) atoms. The first-order valence-corrected chi connectivity index (χ1v) is 9.69. The molecule has 0 saturated carbocycles. The van der Waals surface area contributed by atoms with E-state index in [-0.39, 0.29) is 17.9 Å². The third-order valence-corrected chi connectivity index (χ3v) is 5.44. The number of rotatable bonds is 7. The van der Waals surface area contributed by atoms with Crippen molar-refractivity contribution in [2.24, 2.45) is 0 Å². The van der Waals surface area contributed by atoms with Gasteiger partial charge >= 0.3 is 5.97 Å². The quantitative estimate of drug-likeness (QED) is 0.655. The first-order chi connectivity index (χ1) is 13.0. The zero-order chi connectivity index (χ0) is 19.2. The largest absolute Gasteiger partial charge is 0.480 e. The molecule has 138 valence electrons. The van der Waals surface area contributed by atoms with Gasteiger partial charge in [-0.15, -0.1) is 0 Å². The number of aromatic nitrogens is 1. The summed E-state index contributed by atoms with van der Waals surface area (Å²) >= 11 is 0. The van der Waals surface area contributed by atoms with Crippen molar-refractivity contribution >= 4 is 33.6 Å². The van der Waals surface area contributed by atoms with E-state index in [1.54, 1.807) is 42.5 Å². The summed E-state index contributed by atoms with van der Waals surface area (Å²) in [5.41, 5.74) is 0.798. The van der Waals surface area contributed by atoms with Gasteiger partial charge in [0.15, 0.2) is 0 Å². The lowest BCUT2D eigenvalue weighted by atomic mass is 10.2. The number of carboxylic acids is 1. The molecule has 1 heterocycles. The minimum Gasteiger partial charge on any atom is -0.480 e. The van der Waals surface area contributed by atoms with Gasteiger partial charge in [-0.05, 0) is 30.7 Å². The Balaban J connectivity index is 1.67. The van der Waals surface area contributed by atoms with Crippen LogP contribution >= 0.6 is 0 Å². The minimum absolute atomic E-state index is 0.0517. The van der Waals surface area contributed by atoms with E-state index in [4.69, 9.17) is 0 Å². The highest BCUT2D eigenvalue weighted by atomic mass is 32.2. The van der Waals surface area contributed by atoms with Crippen molar-refractivity contribution in [2.75, 3.05) is 5.75 Å². The lowest BCUT2D eigenvalue weighted by molar-refractivity contribution is -0.139. The van der Waals surface area contributed by atoms with E-state index < -0.39 is 28.7 Å². The van der Waals surface area contributed by atoms with Crippen LogP contribution in [0.4, 0.5) is 0 Å². The molecule has 3 rings (SSSR count). The van der Waals surface area contributed by atoms with Crippen LogP contribution in [0.25, 0.3) is 10.9 Å². The molecule has 0 radical (unpaired) electrons. The van der Waals surface area contributed by atoms with E-state index >= 15 is 0 Å². The maximum Gasteiger partial charge on any atom is 0.326 e. The lowest BCUT2D eigenvalue weighted by Crippen LogP contribution is -2.41. The van der Waals surface area contributed by atoms with Gasteiger partial charge in [-0.25, -0.2) is 9.78 Å². The Kier molecular flexibility index (Phi) is 5.93. The highest BCUT2D eigenvalue weighted by Crippen LogP contribution is 2.12. The Morgan fingerprint density at radius 2 is 1.70 bits per heavy atom. The summed E-state index contributed by atoms with van der Waals surface area (Å²) in [5.74, 6) is -1.61. The molecular weight excluding hydrogens is 364 g/mol. The first-order valence-electron chi connectivity index (χ1n) is 8.37. The van der Waals surface area contributed by atoms with Crippen LogP contribution in [0.2, 0.25) is 0 Å². The van der Waals surface area contributed by atoms with Gasteiger partial charge in [0.25, 0.3) is 5.91 Å². The van der Waals surface area contributed by atoms with E-state index in [1.165, 1.54) is 0 Å². The van der Waals surface area contributed by atoms with E-state index in [0.29, 0.717) is 10.4 Å². The van der Waals surface area contributed by atoms with Crippen LogP contribution in [-0.2, 0) is 15.6 Å². The number of carbonyl (C=O) groups excluding carboxylic acids is 1. The number of nitrogens with one attached hydrogen (secondary N) is 1. The summed E-state index contributed by atoms with van der Waals surface area (Å²) < 4.78 is 12.3. The van der Waals surface area contributed by atoms with Gasteiger partial charge in [0, 0.05) is 16.0 Å². The van der Waals surface area contributed by atoms with Gasteiger partial charge in [0.1, 0.15) is 11.7 Å². The van der Waals surface area contributed by atoms with Crippen molar-refractivity contribution in [1.29, 1.82) is 0 Å². The molecule has 2 aromatic carbocycles. The van der Waals surface area contributed by atoms with Crippen molar-refractivity contribution < 1.29 is 18.9 Å². The van der Waals surface area contributed by atoms with E-state index in [0.717, 1.165) is 5.39 Å². The number of pyridine rings is 1. The van der Waals surface area contributed by atoms with Crippen LogP contribution in [0.1, 0.15) is 16.9 Å². The van der Waals surface area contributed by atoms with Gasteiger partial charge in [-0.3, -0.25) is 9.00 Å². The molecule has 3 aromatic rings. The first kappa shape index (κ1) is 18.7. The number of carbonyl (C=O) groups is 2. The molecule has 0 aliphatic heterocycles. The van der Waals surface area contributed by atoms with Crippen molar-refractivity contribution in [3.63, 3.8) is 0 Å². The van der Waals surface area contributed by atoms with E-state index in [9.17, 15) is 18.9 Å². The molecule has 1 amide bonds. The van der Waals surface area contributed by atoms with Crippen LogP contribution in [0.5, 0.6) is 0 Å². The van der Waals surface area contributed by atoms with E-state index in [2.05, 4.69) is 10.3 Å². The second-order valence-electron chi connectivity index (χ2n) is 5.90. The fraction of sp³-hybridized carbons (Fsp3) is 0.150. The maximum absolute atomic E-state index is 12.4. The highest BCUT2D eigenvalue weighted by molar-refractivity contribution is 7.85. The maximum atomic E-state index is 12.4. The summed E-state index contributed by atoms with van der Waals surface area (Å²) in [6.45, 7) is 0. The van der Waals surface area contributed by atoms with Gasteiger partial charge < -0.3 is 10.4 Å². The monoisotopic (exact) mass is 382 g/mol. The standard InChI is InChI=1S/C20H18N2O4S/c23-19(17-11-10-14-6-4-5-9-16(14)21-17)22-18(20(24)25)12-13-27(26)15-7-2-1-3-8-15/h1-11,18H,12-13H2,(H,22,23)(H,24,25). The topological polar surface area (TPSA) is 96.4 Å². The van der Waals surface area contributed by atoms with Crippen molar-refractivity contribution in [2.45, 2.75) is 17.4 Å². The number of fused-ring (bicyclic) bond motifs is 1. The molecule has 2 unspecified atom stereocenters. The Bertz CT molecular complexity index is 991. The van der Waals surface area contributed by atoms with E-state index in [1.807, 2.05) is 24.3 Å². The fourth-order valence-electron chi connectivity index (χ4n) is 2.60. The number of para-hydroxylation sites is 1. The Morgan fingerprint density at radius 3 is 2.44 bits per heavy atom. The third kappa shape index (κ3) is 4.77. The summed E-state index contributed by atoms with van der Waals surface area (Å²) in [6.07, 6.45) is 0.0517.